The Labute approximate surface area is 111 Å². The average molecular weight is 250 g/mol. The third-order valence-electron chi connectivity index (χ3n) is 3.72. The molecule has 2 N–H and O–H groups in total. The van der Waals surface area contributed by atoms with Crippen molar-refractivity contribution in [3.05, 3.63) is 23.3 Å². The van der Waals surface area contributed by atoms with Gasteiger partial charge in [0.15, 0.2) is 0 Å². The van der Waals surface area contributed by atoms with Gasteiger partial charge in [0.2, 0.25) is 0 Å². The van der Waals surface area contributed by atoms with E-state index >= 15 is 0 Å². The summed E-state index contributed by atoms with van der Waals surface area (Å²) >= 11 is 0. The molecule has 0 aromatic heterocycles. The second-order valence-electron chi connectivity index (χ2n) is 6.31. The third-order valence-corrected chi connectivity index (χ3v) is 3.72. The molecule has 0 atom stereocenters. The third kappa shape index (κ3) is 3.66. The van der Waals surface area contributed by atoms with E-state index in [1.165, 1.54) is 12.8 Å². The first-order valence-corrected chi connectivity index (χ1v) is 6.77. The minimum absolute atomic E-state index is 0.0163. The van der Waals surface area contributed by atoms with Crippen LogP contribution in [0, 0.1) is 12.8 Å². The molecule has 0 aliphatic rings. The van der Waals surface area contributed by atoms with Crippen molar-refractivity contribution in [1.29, 1.82) is 0 Å². The summed E-state index contributed by atoms with van der Waals surface area (Å²) in [5.74, 6) is 1.09. The first-order valence-electron chi connectivity index (χ1n) is 6.77. The van der Waals surface area contributed by atoms with E-state index in [0.717, 1.165) is 17.9 Å². The van der Waals surface area contributed by atoms with Crippen molar-refractivity contribution >= 4 is 0 Å². The summed E-state index contributed by atoms with van der Waals surface area (Å²) < 4.78 is 0. The van der Waals surface area contributed by atoms with Gasteiger partial charge in [-0.05, 0) is 42.4 Å². The molecular formula is C16H26O2. The Bertz CT molecular complexity index is 383. The monoisotopic (exact) mass is 250 g/mol. The minimum Gasteiger partial charge on any atom is -0.508 e. The predicted octanol–water partition coefficient (Wildman–Crippen LogP) is 4.51. The number of benzene rings is 1. The summed E-state index contributed by atoms with van der Waals surface area (Å²) in [4.78, 5) is 0. The normalized spacial score (nSPS) is 12.1. The van der Waals surface area contributed by atoms with E-state index < -0.39 is 0 Å². The van der Waals surface area contributed by atoms with Gasteiger partial charge in [-0.2, -0.15) is 0 Å². The summed E-state index contributed by atoms with van der Waals surface area (Å²) in [6.45, 7) is 10.5. The molecule has 1 rings (SSSR count). The fraction of sp³-hybridized carbons (Fsp3) is 0.625. The van der Waals surface area contributed by atoms with Gasteiger partial charge in [-0.1, -0.05) is 40.5 Å². The number of phenols is 2. The van der Waals surface area contributed by atoms with E-state index in [-0.39, 0.29) is 16.9 Å². The molecular weight excluding hydrogens is 224 g/mol. The number of phenolic OH excluding ortho intramolecular Hbond substituents is 2. The molecule has 0 heterocycles. The van der Waals surface area contributed by atoms with Crippen molar-refractivity contribution in [3.8, 4) is 11.5 Å². The Morgan fingerprint density at radius 3 is 2.06 bits per heavy atom. The van der Waals surface area contributed by atoms with Gasteiger partial charge in [0.25, 0.3) is 0 Å². The van der Waals surface area contributed by atoms with Gasteiger partial charge in [-0.25, -0.2) is 0 Å². The summed E-state index contributed by atoms with van der Waals surface area (Å²) in [5, 5.41) is 19.6. The van der Waals surface area contributed by atoms with Gasteiger partial charge < -0.3 is 10.2 Å². The van der Waals surface area contributed by atoms with E-state index in [2.05, 4.69) is 27.7 Å². The fourth-order valence-electron chi connectivity index (χ4n) is 2.17. The zero-order valence-electron chi connectivity index (χ0n) is 12.2. The van der Waals surface area contributed by atoms with Gasteiger partial charge in [0, 0.05) is 5.56 Å². The van der Waals surface area contributed by atoms with Gasteiger partial charge in [-0.15, -0.1) is 0 Å². The Hall–Kier alpha value is -1.18. The van der Waals surface area contributed by atoms with Crippen LogP contribution in [0.5, 0.6) is 11.5 Å². The summed E-state index contributed by atoms with van der Waals surface area (Å²) in [5.41, 5.74) is 1.54. The lowest BCUT2D eigenvalue weighted by Crippen LogP contribution is -2.17. The quantitative estimate of drug-likeness (QED) is 0.807. The Kier molecular flexibility index (Phi) is 4.66. The first-order chi connectivity index (χ1) is 8.24. The molecule has 0 unspecified atom stereocenters. The number of hydrogen-bond donors (Lipinski definition) is 2. The van der Waals surface area contributed by atoms with Crippen LogP contribution in [0.3, 0.4) is 0 Å². The van der Waals surface area contributed by atoms with E-state index in [9.17, 15) is 10.2 Å². The number of aromatic hydroxyl groups is 2. The van der Waals surface area contributed by atoms with Crippen molar-refractivity contribution in [2.75, 3.05) is 0 Å². The molecule has 2 nitrogen and oxygen atoms in total. The molecule has 2 heteroatoms. The number of hydrogen-bond acceptors (Lipinski definition) is 2. The van der Waals surface area contributed by atoms with Crippen LogP contribution in [0.1, 0.15) is 58.1 Å². The van der Waals surface area contributed by atoms with Gasteiger partial charge >= 0.3 is 0 Å². The highest BCUT2D eigenvalue weighted by molar-refractivity contribution is 5.47. The fourth-order valence-corrected chi connectivity index (χ4v) is 2.17. The maximum Gasteiger partial charge on any atom is 0.122 e. The Morgan fingerprint density at radius 2 is 1.61 bits per heavy atom. The highest BCUT2D eigenvalue weighted by atomic mass is 16.3. The smallest absolute Gasteiger partial charge is 0.122 e. The second-order valence-corrected chi connectivity index (χ2v) is 6.31. The molecule has 102 valence electrons. The van der Waals surface area contributed by atoms with Crippen molar-refractivity contribution < 1.29 is 10.2 Å². The van der Waals surface area contributed by atoms with Crippen LogP contribution >= 0.6 is 0 Å². The lowest BCUT2D eigenvalue weighted by atomic mass is 9.79. The molecule has 0 spiro atoms. The summed E-state index contributed by atoms with van der Waals surface area (Å²) in [6.07, 6.45) is 3.44. The summed E-state index contributed by atoms with van der Waals surface area (Å²) in [6, 6.07) is 3.56. The molecule has 0 aliphatic heterocycles. The van der Waals surface area contributed by atoms with E-state index in [1.807, 2.05) is 0 Å². The van der Waals surface area contributed by atoms with Crippen molar-refractivity contribution in [3.63, 3.8) is 0 Å². The molecule has 0 saturated heterocycles. The lowest BCUT2D eigenvalue weighted by molar-refractivity contribution is 0.409. The highest BCUT2D eigenvalue weighted by Gasteiger charge is 2.22. The SMILES string of the molecule is Cc1c(O)cc(C(C)(C)CCCC(C)C)cc1O. The van der Waals surface area contributed by atoms with E-state index in [4.69, 9.17) is 0 Å². The topological polar surface area (TPSA) is 40.5 Å². The summed E-state index contributed by atoms with van der Waals surface area (Å²) in [7, 11) is 0. The highest BCUT2D eigenvalue weighted by Crippen LogP contribution is 2.36. The lowest BCUT2D eigenvalue weighted by Gasteiger charge is -2.26. The molecule has 18 heavy (non-hydrogen) atoms. The predicted molar refractivity (Wildman–Crippen MR) is 76.2 cm³/mol. The molecule has 0 radical (unpaired) electrons. The van der Waals surface area contributed by atoms with Crippen LogP contribution in [0.15, 0.2) is 12.1 Å². The molecule has 0 amide bonds. The van der Waals surface area contributed by atoms with Gasteiger partial charge in [0.05, 0.1) is 0 Å². The molecule has 0 bridgehead atoms. The van der Waals surface area contributed by atoms with Crippen LogP contribution in [-0.4, -0.2) is 10.2 Å². The van der Waals surface area contributed by atoms with Crippen molar-refractivity contribution in [2.24, 2.45) is 5.92 Å². The zero-order valence-corrected chi connectivity index (χ0v) is 12.2. The standard InChI is InChI=1S/C16H26O2/c1-11(2)7-6-8-16(4,5)13-9-14(17)12(3)15(18)10-13/h9-11,17-18H,6-8H2,1-5H3. The average Bonchev–Trinajstić information content (AvgIpc) is 2.24. The van der Waals surface area contributed by atoms with Crippen LogP contribution in [-0.2, 0) is 5.41 Å². The van der Waals surface area contributed by atoms with Gasteiger partial charge in [0.1, 0.15) is 11.5 Å². The number of rotatable bonds is 5. The van der Waals surface area contributed by atoms with Gasteiger partial charge in [-0.3, -0.25) is 0 Å². The molecule has 0 aliphatic carbocycles. The molecule has 0 fully saturated rings. The van der Waals surface area contributed by atoms with Crippen LogP contribution in [0.25, 0.3) is 0 Å². The van der Waals surface area contributed by atoms with E-state index in [1.54, 1.807) is 19.1 Å². The maximum absolute atomic E-state index is 9.80. The Morgan fingerprint density at radius 1 is 1.11 bits per heavy atom. The van der Waals surface area contributed by atoms with E-state index in [0.29, 0.717) is 5.56 Å². The molecule has 0 saturated carbocycles. The minimum atomic E-state index is -0.0163. The first kappa shape index (κ1) is 14.9. The van der Waals surface area contributed by atoms with Crippen LogP contribution in [0.2, 0.25) is 0 Å². The van der Waals surface area contributed by atoms with Crippen LogP contribution in [0.4, 0.5) is 0 Å². The second kappa shape index (κ2) is 5.64. The molecule has 1 aromatic rings. The maximum atomic E-state index is 9.80. The largest absolute Gasteiger partial charge is 0.508 e. The zero-order chi connectivity index (χ0) is 13.9. The van der Waals surface area contributed by atoms with Crippen LogP contribution < -0.4 is 0 Å². The molecule has 1 aromatic carbocycles. The van der Waals surface area contributed by atoms with Crippen molar-refractivity contribution in [2.45, 2.75) is 59.3 Å². The van der Waals surface area contributed by atoms with Crippen molar-refractivity contribution in [1.82, 2.24) is 0 Å². The Balaban J connectivity index is 2.84.